The van der Waals surface area contributed by atoms with Gasteiger partial charge >= 0.3 is 5.97 Å². The first-order chi connectivity index (χ1) is 6.77. The minimum atomic E-state index is -0.876. The van der Waals surface area contributed by atoms with Gasteiger partial charge in [0.2, 0.25) is 0 Å². The van der Waals surface area contributed by atoms with E-state index < -0.39 is 5.97 Å². The van der Waals surface area contributed by atoms with Crippen molar-refractivity contribution in [2.45, 2.75) is 0 Å². The molecule has 1 aromatic carbocycles. The third kappa shape index (κ3) is 1.62. The SMILES string of the molecule is O=C(O)c1cccc(N2CC=CC2)c1. The van der Waals surface area contributed by atoms with Crippen LogP contribution in [0.5, 0.6) is 0 Å². The largest absolute Gasteiger partial charge is 0.478 e. The van der Waals surface area contributed by atoms with Crippen molar-refractivity contribution >= 4 is 11.7 Å². The van der Waals surface area contributed by atoms with Crippen molar-refractivity contribution in [1.29, 1.82) is 0 Å². The molecule has 14 heavy (non-hydrogen) atoms. The number of carbonyl (C=O) groups is 1. The smallest absolute Gasteiger partial charge is 0.335 e. The third-order valence-electron chi connectivity index (χ3n) is 2.28. The van der Waals surface area contributed by atoms with Crippen LogP contribution >= 0.6 is 0 Å². The molecule has 0 radical (unpaired) electrons. The van der Waals surface area contributed by atoms with Crippen LogP contribution in [0.4, 0.5) is 5.69 Å². The topological polar surface area (TPSA) is 40.5 Å². The summed E-state index contributed by atoms with van der Waals surface area (Å²) in [6, 6.07) is 7.02. The van der Waals surface area contributed by atoms with Crippen molar-refractivity contribution < 1.29 is 9.90 Å². The number of nitrogens with zero attached hydrogens (tertiary/aromatic N) is 1. The van der Waals surface area contributed by atoms with Gasteiger partial charge in [0.05, 0.1) is 5.56 Å². The molecule has 0 spiro atoms. The molecule has 1 heterocycles. The lowest BCUT2D eigenvalue weighted by atomic mass is 10.2. The van der Waals surface area contributed by atoms with Gasteiger partial charge in [-0.15, -0.1) is 0 Å². The number of hydrogen-bond acceptors (Lipinski definition) is 2. The number of rotatable bonds is 2. The molecule has 1 aliphatic rings. The number of anilines is 1. The first kappa shape index (κ1) is 8.81. The van der Waals surface area contributed by atoms with Gasteiger partial charge in [0.15, 0.2) is 0 Å². The van der Waals surface area contributed by atoms with Crippen LogP contribution in [0.2, 0.25) is 0 Å². The van der Waals surface area contributed by atoms with Gasteiger partial charge < -0.3 is 10.0 Å². The lowest BCUT2D eigenvalue weighted by Crippen LogP contribution is -2.18. The molecule has 72 valence electrons. The molecule has 0 saturated carbocycles. The first-order valence-electron chi connectivity index (χ1n) is 4.50. The zero-order valence-electron chi connectivity index (χ0n) is 7.68. The Morgan fingerprint density at radius 3 is 2.64 bits per heavy atom. The van der Waals surface area contributed by atoms with Crippen LogP contribution in [0.3, 0.4) is 0 Å². The van der Waals surface area contributed by atoms with Crippen molar-refractivity contribution in [1.82, 2.24) is 0 Å². The molecule has 2 rings (SSSR count). The lowest BCUT2D eigenvalue weighted by molar-refractivity contribution is 0.0697. The van der Waals surface area contributed by atoms with Gasteiger partial charge in [0, 0.05) is 18.8 Å². The second-order valence-electron chi connectivity index (χ2n) is 3.23. The van der Waals surface area contributed by atoms with Crippen molar-refractivity contribution in [3.05, 3.63) is 42.0 Å². The molecular formula is C11H11NO2. The number of aromatic carboxylic acids is 1. The summed E-state index contributed by atoms with van der Waals surface area (Å²) in [6.45, 7) is 1.73. The summed E-state index contributed by atoms with van der Waals surface area (Å²) in [6.07, 6.45) is 4.15. The van der Waals surface area contributed by atoms with Crippen LogP contribution in [0, 0.1) is 0 Å². The molecule has 0 unspecified atom stereocenters. The Morgan fingerprint density at radius 1 is 1.29 bits per heavy atom. The summed E-state index contributed by atoms with van der Waals surface area (Å²) in [7, 11) is 0. The summed E-state index contributed by atoms with van der Waals surface area (Å²) in [4.78, 5) is 12.9. The maximum absolute atomic E-state index is 10.7. The molecule has 0 amide bonds. The second kappa shape index (κ2) is 3.54. The van der Waals surface area contributed by atoms with Gasteiger partial charge in [-0.2, -0.15) is 0 Å². The van der Waals surface area contributed by atoms with E-state index in [-0.39, 0.29) is 0 Å². The molecule has 1 aliphatic heterocycles. The molecule has 0 aliphatic carbocycles. The Morgan fingerprint density at radius 2 is 2.00 bits per heavy atom. The van der Waals surface area contributed by atoms with E-state index in [0.717, 1.165) is 18.8 Å². The maximum atomic E-state index is 10.7. The van der Waals surface area contributed by atoms with Crippen molar-refractivity contribution in [3.8, 4) is 0 Å². The predicted molar refractivity (Wildman–Crippen MR) is 54.8 cm³/mol. The zero-order valence-corrected chi connectivity index (χ0v) is 7.68. The van der Waals surface area contributed by atoms with Gasteiger partial charge in [-0.05, 0) is 18.2 Å². The monoisotopic (exact) mass is 189 g/mol. The zero-order chi connectivity index (χ0) is 9.97. The summed E-state index contributed by atoms with van der Waals surface area (Å²) < 4.78 is 0. The molecule has 0 bridgehead atoms. The minimum Gasteiger partial charge on any atom is -0.478 e. The number of carboxylic acid groups (broad SMARTS) is 1. The Kier molecular flexibility index (Phi) is 2.23. The average molecular weight is 189 g/mol. The number of benzene rings is 1. The standard InChI is InChI=1S/C11H11NO2/c13-11(14)9-4-3-5-10(8-9)12-6-1-2-7-12/h1-5,8H,6-7H2,(H,13,14). The maximum Gasteiger partial charge on any atom is 0.335 e. The molecule has 3 heteroatoms. The van der Waals surface area contributed by atoms with Crippen molar-refractivity contribution in [2.24, 2.45) is 0 Å². The van der Waals surface area contributed by atoms with E-state index in [0.29, 0.717) is 5.56 Å². The molecule has 0 saturated heterocycles. The minimum absolute atomic E-state index is 0.342. The normalized spacial score (nSPS) is 14.7. The third-order valence-corrected chi connectivity index (χ3v) is 2.28. The van der Waals surface area contributed by atoms with Crippen LogP contribution in [0.15, 0.2) is 36.4 Å². The van der Waals surface area contributed by atoms with Crippen LogP contribution in [0.1, 0.15) is 10.4 Å². The summed E-state index contributed by atoms with van der Waals surface area (Å²) >= 11 is 0. The highest BCUT2D eigenvalue weighted by atomic mass is 16.4. The lowest BCUT2D eigenvalue weighted by Gasteiger charge is -2.17. The van der Waals surface area contributed by atoms with Crippen molar-refractivity contribution in [2.75, 3.05) is 18.0 Å². The Balaban J connectivity index is 2.26. The Labute approximate surface area is 82.3 Å². The van der Waals surface area contributed by atoms with E-state index in [1.54, 1.807) is 18.2 Å². The first-order valence-corrected chi connectivity index (χ1v) is 4.50. The van der Waals surface area contributed by atoms with E-state index in [4.69, 9.17) is 5.11 Å². The molecular weight excluding hydrogens is 178 g/mol. The van der Waals surface area contributed by atoms with E-state index in [1.807, 2.05) is 6.07 Å². The van der Waals surface area contributed by atoms with Crippen molar-refractivity contribution in [3.63, 3.8) is 0 Å². The summed E-state index contributed by atoms with van der Waals surface area (Å²) in [5.74, 6) is -0.876. The van der Waals surface area contributed by atoms with Gasteiger partial charge in [0.25, 0.3) is 0 Å². The Bertz CT molecular complexity index is 377. The van der Waals surface area contributed by atoms with Gasteiger partial charge in [-0.1, -0.05) is 18.2 Å². The highest BCUT2D eigenvalue weighted by Gasteiger charge is 2.09. The van der Waals surface area contributed by atoms with E-state index in [9.17, 15) is 4.79 Å². The van der Waals surface area contributed by atoms with Gasteiger partial charge in [-0.25, -0.2) is 4.79 Å². The number of hydrogen-bond donors (Lipinski definition) is 1. The fourth-order valence-electron chi connectivity index (χ4n) is 1.52. The molecule has 3 nitrogen and oxygen atoms in total. The molecule has 0 aromatic heterocycles. The highest BCUT2D eigenvalue weighted by Crippen LogP contribution is 2.18. The van der Waals surface area contributed by atoms with Crippen LogP contribution < -0.4 is 4.90 Å². The number of carboxylic acids is 1. The summed E-state index contributed by atoms with van der Waals surface area (Å²) in [5, 5.41) is 8.82. The van der Waals surface area contributed by atoms with Gasteiger partial charge in [-0.3, -0.25) is 0 Å². The second-order valence-corrected chi connectivity index (χ2v) is 3.23. The molecule has 0 atom stereocenters. The van der Waals surface area contributed by atoms with E-state index >= 15 is 0 Å². The average Bonchev–Trinajstić information content (AvgIpc) is 2.71. The summed E-state index contributed by atoms with van der Waals surface area (Å²) in [5.41, 5.74) is 1.31. The predicted octanol–water partition coefficient (Wildman–Crippen LogP) is 1.76. The van der Waals surface area contributed by atoms with Crippen LogP contribution in [-0.2, 0) is 0 Å². The molecule has 1 N–H and O–H groups in total. The van der Waals surface area contributed by atoms with Gasteiger partial charge in [0.1, 0.15) is 0 Å². The quantitative estimate of drug-likeness (QED) is 0.721. The van der Waals surface area contributed by atoms with Crippen LogP contribution in [0.25, 0.3) is 0 Å². The highest BCUT2D eigenvalue weighted by molar-refractivity contribution is 5.88. The van der Waals surface area contributed by atoms with Crippen LogP contribution in [-0.4, -0.2) is 24.2 Å². The molecule has 1 aromatic rings. The van der Waals surface area contributed by atoms with E-state index in [2.05, 4.69) is 17.1 Å². The Hall–Kier alpha value is -1.77. The molecule has 0 fully saturated rings. The fraction of sp³-hybridized carbons (Fsp3) is 0.182. The fourth-order valence-corrected chi connectivity index (χ4v) is 1.52. The van der Waals surface area contributed by atoms with E-state index in [1.165, 1.54) is 0 Å².